The first-order valence-corrected chi connectivity index (χ1v) is 12.2. The zero-order valence-corrected chi connectivity index (χ0v) is 21.0. The van der Waals surface area contributed by atoms with Gasteiger partial charge in [-0.05, 0) is 45.3 Å². The van der Waals surface area contributed by atoms with Gasteiger partial charge in [-0.15, -0.1) is 10.2 Å². The van der Waals surface area contributed by atoms with Crippen molar-refractivity contribution in [2.75, 3.05) is 0 Å². The number of unbranched alkanes of at least 4 members (excludes halogenated alkanes) is 1. The number of carboxylic acid groups (broad SMARTS) is 1. The average Bonchev–Trinajstić information content (AvgIpc) is 3.58. The van der Waals surface area contributed by atoms with E-state index in [1.165, 1.54) is 0 Å². The van der Waals surface area contributed by atoms with Crippen molar-refractivity contribution in [2.24, 2.45) is 0 Å². The minimum atomic E-state index is -1.13. The number of halogens is 2. The number of fused-ring (bicyclic) bond motifs is 1. The second-order valence-corrected chi connectivity index (χ2v) is 9.17. The molecule has 0 unspecified atom stereocenters. The van der Waals surface area contributed by atoms with Gasteiger partial charge in [-0.3, -0.25) is 0 Å². The molecule has 2 aromatic carbocycles. The Morgan fingerprint density at radius 2 is 2.03 bits per heavy atom. The fourth-order valence-electron chi connectivity index (χ4n) is 4.02. The third-order valence-corrected chi connectivity index (χ3v) is 6.90. The number of aryl methyl sites for hydroxylation is 1. The molecule has 35 heavy (non-hydrogen) atoms. The summed E-state index contributed by atoms with van der Waals surface area (Å²) in [4.78, 5) is 15.9. The third-order valence-electron chi connectivity index (χ3n) is 5.73. The summed E-state index contributed by atoms with van der Waals surface area (Å²) in [5.74, 6) is 0.645. The van der Waals surface area contributed by atoms with Crippen molar-refractivity contribution in [3.05, 3.63) is 69.2 Å². The highest BCUT2D eigenvalue weighted by atomic mass is 79.9. The highest BCUT2D eigenvalue weighted by Gasteiger charge is 2.22. The Bertz CT molecular complexity index is 1530. The van der Waals surface area contributed by atoms with Crippen LogP contribution in [0.3, 0.4) is 0 Å². The van der Waals surface area contributed by atoms with Crippen molar-refractivity contribution in [3.63, 3.8) is 0 Å². The van der Waals surface area contributed by atoms with Crippen molar-refractivity contribution in [3.8, 4) is 22.7 Å². The van der Waals surface area contributed by atoms with Gasteiger partial charge in [0.05, 0.1) is 11.0 Å². The summed E-state index contributed by atoms with van der Waals surface area (Å²) in [6.07, 6.45) is 2.51. The van der Waals surface area contributed by atoms with E-state index in [4.69, 9.17) is 16.0 Å². The summed E-state index contributed by atoms with van der Waals surface area (Å²) in [6, 6.07) is 13.5. The molecular formula is C24H20BrClN6O3. The summed E-state index contributed by atoms with van der Waals surface area (Å²) in [7, 11) is 0. The Morgan fingerprint density at radius 3 is 2.74 bits per heavy atom. The van der Waals surface area contributed by atoms with Crippen LogP contribution in [-0.4, -0.2) is 41.3 Å². The van der Waals surface area contributed by atoms with Crippen LogP contribution in [0.15, 0.2) is 51.4 Å². The number of aromatic amines is 1. The third kappa shape index (κ3) is 4.35. The van der Waals surface area contributed by atoms with Crippen LogP contribution in [0.1, 0.15) is 41.6 Å². The predicted molar refractivity (Wildman–Crippen MR) is 134 cm³/mol. The Balaban J connectivity index is 1.55. The number of nitrogens with zero attached hydrogens (tertiary/aromatic N) is 5. The first kappa shape index (κ1) is 23.3. The van der Waals surface area contributed by atoms with Crippen LogP contribution < -0.4 is 0 Å². The van der Waals surface area contributed by atoms with Gasteiger partial charge in [-0.1, -0.05) is 55.3 Å². The molecule has 5 aromatic rings. The van der Waals surface area contributed by atoms with E-state index in [9.17, 15) is 9.90 Å². The molecule has 0 atom stereocenters. The smallest absolute Gasteiger partial charge is 0.357 e. The molecule has 0 bridgehead atoms. The summed E-state index contributed by atoms with van der Waals surface area (Å²) in [5.41, 5.74) is 3.12. The summed E-state index contributed by atoms with van der Waals surface area (Å²) in [6.45, 7) is 2.46. The Morgan fingerprint density at radius 1 is 1.23 bits per heavy atom. The van der Waals surface area contributed by atoms with Gasteiger partial charge in [-0.25, -0.2) is 9.78 Å². The lowest BCUT2D eigenvalue weighted by Gasteiger charge is -2.09. The van der Waals surface area contributed by atoms with E-state index in [2.05, 4.69) is 48.5 Å². The molecule has 178 valence electrons. The Hall–Kier alpha value is -3.50. The standard InChI is InChI=1S/C24H20BrClN6O3/c1-2-3-8-18-27-20(24(33)34)22(26)32(18)12-13-9-10-17-16(11-13)19(25)21(35-17)14-6-4-5-7-15(14)23-28-30-31-29-23/h4-7,9-11H,2-3,8,12H2,1H3,(H,33,34)(H,28,29,30,31). The molecular weight excluding hydrogens is 536 g/mol. The molecule has 0 aliphatic carbocycles. The quantitative estimate of drug-likeness (QED) is 0.241. The summed E-state index contributed by atoms with van der Waals surface area (Å²) < 4.78 is 8.77. The largest absolute Gasteiger partial charge is 0.476 e. The molecule has 5 rings (SSSR count). The van der Waals surface area contributed by atoms with Crippen LogP contribution in [0.5, 0.6) is 0 Å². The van der Waals surface area contributed by atoms with Gasteiger partial charge >= 0.3 is 5.97 Å². The van der Waals surface area contributed by atoms with E-state index in [0.29, 0.717) is 36.0 Å². The molecule has 0 aliphatic heterocycles. The minimum absolute atomic E-state index is 0.122. The number of rotatable bonds is 8. The van der Waals surface area contributed by atoms with Crippen molar-refractivity contribution in [2.45, 2.75) is 32.7 Å². The minimum Gasteiger partial charge on any atom is -0.476 e. The van der Waals surface area contributed by atoms with Crippen molar-refractivity contribution in [1.82, 2.24) is 30.2 Å². The van der Waals surface area contributed by atoms with Gasteiger partial charge in [-0.2, -0.15) is 5.21 Å². The SMILES string of the molecule is CCCCc1nc(C(=O)O)c(Cl)n1Cc1ccc2oc(-c3ccccc3-c3nn[nH]n3)c(Br)c2c1. The van der Waals surface area contributed by atoms with E-state index in [-0.39, 0.29) is 10.8 Å². The number of nitrogens with one attached hydrogen (secondary N) is 1. The lowest BCUT2D eigenvalue weighted by molar-refractivity contribution is 0.0691. The fourth-order valence-corrected chi connectivity index (χ4v) is 4.90. The molecule has 9 nitrogen and oxygen atoms in total. The van der Waals surface area contributed by atoms with Gasteiger partial charge < -0.3 is 14.1 Å². The maximum absolute atomic E-state index is 11.6. The lowest BCUT2D eigenvalue weighted by Crippen LogP contribution is -2.06. The normalized spacial score (nSPS) is 11.4. The number of aromatic carboxylic acids is 1. The number of H-pyrrole nitrogens is 1. The van der Waals surface area contributed by atoms with Crippen LogP contribution >= 0.6 is 27.5 Å². The topological polar surface area (TPSA) is 123 Å². The molecule has 3 aromatic heterocycles. The number of imidazole rings is 1. The van der Waals surface area contributed by atoms with Crippen LogP contribution in [0, 0.1) is 0 Å². The molecule has 0 fully saturated rings. The van der Waals surface area contributed by atoms with E-state index in [0.717, 1.165) is 39.4 Å². The van der Waals surface area contributed by atoms with Crippen molar-refractivity contribution < 1.29 is 14.3 Å². The second kappa shape index (κ2) is 9.63. The first-order chi connectivity index (χ1) is 17.0. The van der Waals surface area contributed by atoms with Crippen LogP contribution in [0.25, 0.3) is 33.7 Å². The van der Waals surface area contributed by atoms with Gasteiger partial charge in [0.25, 0.3) is 0 Å². The second-order valence-electron chi connectivity index (χ2n) is 8.02. The monoisotopic (exact) mass is 554 g/mol. The van der Waals surface area contributed by atoms with Crippen molar-refractivity contribution >= 4 is 44.5 Å². The maximum atomic E-state index is 11.6. The maximum Gasteiger partial charge on any atom is 0.357 e. The number of tetrazole rings is 1. The molecule has 0 spiro atoms. The first-order valence-electron chi connectivity index (χ1n) is 11.0. The van der Waals surface area contributed by atoms with Gasteiger partial charge in [0.15, 0.2) is 5.69 Å². The van der Waals surface area contributed by atoms with E-state index >= 15 is 0 Å². The van der Waals surface area contributed by atoms with Crippen molar-refractivity contribution in [1.29, 1.82) is 0 Å². The molecule has 0 amide bonds. The lowest BCUT2D eigenvalue weighted by atomic mass is 10.0. The number of aromatic nitrogens is 6. The van der Waals surface area contributed by atoms with Gasteiger partial charge in [0.1, 0.15) is 22.3 Å². The zero-order chi connectivity index (χ0) is 24.5. The van der Waals surface area contributed by atoms with Gasteiger partial charge in [0.2, 0.25) is 5.82 Å². The predicted octanol–water partition coefficient (Wildman–Crippen LogP) is 5.98. The zero-order valence-electron chi connectivity index (χ0n) is 18.6. The number of hydrogen-bond acceptors (Lipinski definition) is 6. The molecule has 0 radical (unpaired) electrons. The molecule has 0 saturated carbocycles. The van der Waals surface area contributed by atoms with Gasteiger partial charge in [0, 0.05) is 22.9 Å². The van der Waals surface area contributed by atoms with E-state index in [1.807, 2.05) is 42.5 Å². The molecule has 0 saturated heterocycles. The Labute approximate surface area is 213 Å². The van der Waals surface area contributed by atoms with Crippen LogP contribution in [-0.2, 0) is 13.0 Å². The number of carboxylic acids is 1. The van der Waals surface area contributed by atoms with Crippen LogP contribution in [0.4, 0.5) is 0 Å². The fraction of sp³-hybridized carbons (Fsp3) is 0.208. The molecule has 11 heteroatoms. The number of benzene rings is 2. The molecule has 3 heterocycles. The number of carbonyl (C=O) groups is 1. The molecule has 0 aliphatic rings. The Kier molecular flexibility index (Phi) is 6.40. The highest BCUT2D eigenvalue weighted by Crippen LogP contribution is 2.41. The summed E-state index contributed by atoms with van der Waals surface area (Å²) in [5, 5.41) is 24.8. The number of hydrogen-bond donors (Lipinski definition) is 2. The van der Waals surface area contributed by atoms with Crippen LogP contribution in [0.2, 0.25) is 5.15 Å². The van der Waals surface area contributed by atoms with E-state index < -0.39 is 5.97 Å². The molecule has 2 N–H and O–H groups in total. The highest BCUT2D eigenvalue weighted by molar-refractivity contribution is 9.10. The summed E-state index contributed by atoms with van der Waals surface area (Å²) >= 11 is 10.1. The average molecular weight is 556 g/mol. The van der Waals surface area contributed by atoms with E-state index in [1.54, 1.807) is 4.57 Å². The number of furan rings is 1.